The molecule has 5 amide bonds. The standard InChI is InChI=1S/C32H43N7O7/c1-21(2)18-25(31(43)36-14-16-37(17-15-36)32(44)45)34-29(41)24-19-28(39(35-24)23-10-4-3-5-11-23)46-20-27(40)38-13-7-12-26(38)30(42)33-22-8-6-9-22/h3-5,10-11,19,21-22,25-26H,6-9,12-18,20H2,1-2H3,(H,33,42)(H,34,41)(H,44,45). The minimum Gasteiger partial charge on any atom is -0.467 e. The highest BCUT2D eigenvalue weighted by molar-refractivity contribution is 5.96. The van der Waals surface area contributed by atoms with E-state index in [2.05, 4.69) is 15.7 Å². The van der Waals surface area contributed by atoms with Gasteiger partial charge in [-0.25, -0.2) is 9.48 Å². The van der Waals surface area contributed by atoms with Gasteiger partial charge in [0.1, 0.15) is 12.1 Å². The second-order valence-electron chi connectivity index (χ2n) is 12.5. The molecule has 2 atom stereocenters. The third-order valence-corrected chi connectivity index (χ3v) is 8.75. The summed E-state index contributed by atoms with van der Waals surface area (Å²) in [5, 5.41) is 19.6. The fourth-order valence-electron chi connectivity index (χ4n) is 6.00. The molecule has 5 rings (SSSR count). The number of carboxylic acid groups (broad SMARTS) is 1. The molecule has 2 unspecified atom stereocenters. The van der Waals surface area contributed by atoms with Crippen LogP contribution in [0.5, 0.6) is 5.88 Å². The number of ether oxygens (including phenoxy) is 1. The van der Waals surface area contributed by atoms with Crippen molar-refractivity contribution in [3.05, 3.63) is 42.1 Å². The number of nitrogens with zero attached hydrogens (tertiary/aromatic N) is 5. The van der Waals surface area contributed by atoms with E-state index >= 15 is 0 Å². The van der Waals surface area contributed by atoms with Crippen LogP contribution in [0.3, 0.4) is 0 Å². The number of benzene rings is 1. The molecule has 0 bridgehead atoms. The zero-order valence-corrected chi connectivity index (χ0v) is 26.4. The van der Waals surface area contributed by atoms with Crippen LogP contribution in [-0.4, -0.2) is 117 Å². The van der Waals surface area contributed by atoms with Crippen LogP contribution < -0.4 is 15.4 Å². The van der Waals surface area contributed by atoms with Crippen LogP contribution in [0.4, 0.5) is 4.79 Å². The summed E-state index contributed by atoms with van der Waals surface area (Å²) in [6, 6.07) is 9.27. The number of likely N-dealkylation sites (tertiary alicyclic amines) is 1. The van der Waals surface area contributed by atoms with Gasteiger partial charge in [-0.15, -0.1) is 0 Å². The molecule has 2 aliphatic heterocycles. The number of hydrogen-bond acceptors (Lipinski definition) is 7. The smallest absolute Gasteiger partial charge is 0.407 e. The van der Waals surface area contributed by atoms with Gasteiger partial charge in [0.2, 0.25) is 17.7 Å². The Morgan fingerprint density at radius 2 is 1.65 bits per heavy atom. The van der Waals surface area contributed by atoms with Gasteiger partial charge in [-0.3, -0.25) is 19.2 Å². The topological polar surface area (TPSA) is 166 Å². The van der Waals surface area contributed by atoms with Crippen molar-refractivity contribution < 1.29 is 33.8 Å². The van der Waals surface area contributed by atoms with Crippen molar-refractivity contribution in [2.45, 2.75) is 70.5 Å². The summed E-state index contributed by atoms with van der Waals surface area (Å²) >= 11 is 0. The maximum Gasteiger partial charge on any atom is 0.407 e. The SMILES string of the molecule is CC(C)CC(NC(=O)c1cc(OCC(=O)N2CCCC2C(=O)NC2CCC2)n(-c2ccccc2)n1)C(=O)N1CCN(C(=O)O)CC1. The van der Waals surface area contributed by atoms with Crippen LogP contribution >= 0.6 is 0 Å². The van der Waals surface area contributed by atoms with Gasteiger partial charge in [0.15, 0.2) is 12.3 Å². The third-order valence-electron chi connectivity index (χ3n) is 8.75. The van der Waals surface area contributed by atoms with Gasteiger partial charge in [-0.1, -0.05) is 32.0 Å². The summed E-state index contributed by atoms with van der Waals surface area (Å²) < 4.78 is 7.38. The molecule has 0 spiro atoms. The van der Waals surface area contributed by atoms with E-state index in [1.165, 1.54) is 15.6 Å². The number of piperazine rings is 1. The summed E-state index contributed by atoms with van der Waals surface area (Å²) in [5.74, 6) is -1.07. The number of rotatable bonds is 11. The Balaban J connectivity index is 1.28. The Bertz CT molecular complexity index is 1420. The fraction of sp³-hybridized carbons (Fsp3) is 0.562. The van der Waals surface area contributed by atoms with Gasteiger partial charge < -0.3 is 35.2 Å². The number of amides is 5. The van der Waals surface area contributed by atoms with Crippen molar-refractivity contribution in [1.29, 1.82) is 0 Å². The summed E-state index contributed by atoms with van der Waals surface area (Å²) in [6.45, 7) is 4.90. The first-order chi connectivity index (χ1) is 22.1. The highest BCUT2D eigenvalue weighted by atomic mass is 16.5. The van der Waals surface area contributed by atoms with Crippen LogP contribution in [0, 0.1) is 5.92 Å². The number of carbonyl (C=O) groups excluding carboxylic acids is 4. The summed E-state index contributed by atoms with van der Waals surface area (Å²) in [4.78, 5) is 68.8. The Kier molecular flexibility index (Phi) is 10.4. The largest absolute Gasteiger partial charge is 0.467 e. The Morgan fingerprint density at radius 1 is 0.957 bits per heavy atom. The monoisotopic (exact) mass is 637 g/mol. The fourth-order valence-corrected chi connectivity index (χ4v) is 6.00. The molecular formula is C32H43N7O7. The minimum absolute atomic E-state index is 0.00230. The molecule has 1 aromatic heterocycles. The first-order valence-corrected chi connectivity index (χ1v) is 16.1. The number of carbonyl (C=O) groups is 5. The molecule has 248 valence electrons. The Morgan fingerprint density at radius 3 is 2.28 bits per heavy atom. The van der Waals surface area contributed by atoms with Crippen molar-refractivity contribution >= 4 is 29.7 Å². The average Bonchev–Trinajstić information content (AvgIpc) is 3.69. The predicted octanol–water partition coefficient (Wildman–Crippen LogP) is 1.88. The molecule has 14 heteroatoms. The highest BCUT2D eigenvalue weighted by Gasteiger charge is 2.36. The normalized spacial score (nSPS) is 19.0. The van der Waals surface area contributed by atoms with Gasteiger partial charge in [0.05, 0.1) is 5.69 Å². The van der Waals surface area contributed by atoms with E-state index in [0.29, 0.717) is 25.1 Å². The third kappa shape index (κ3) is 7.77. The molecule has 1 aliphatic carbocycles. The van der Waals surface area contributed by atoms with Crippen LogP contribution in [0.15, 0.2) is 36.4 Å². The first-order valence-electron chi connectivity index (χ1n) is 16.1. The summed E-state index contributed by atoms with van der Waals surface area (Å²) in [7, 11) is 0. The predicted molar refractivity (Wildman–Crippen MR) is 166 cm³/mol. The number of para-hydroxylation sites is 1. The highest BCUT2D eigenvalue weighted by Crippen LogP contribution is 2.24. The molecule has 3 fully saturated rings. The van der Waals surface area contributed by atoms with Crippen molar-refractivity contribution in [1.82, 2.24) is 35.1 Å². The lowest BCUT2D eigenvalue weighted by Gasteiger charge is -2.35. The second-order valence-corrected chi connectivity index (χ2v) is 12.5. The molecule has 0 radical (unpaired) electrons. The van der Waals surface area contributed by atoms with Crippen LogP contribution in [0.1, 0.15) is 62.9 Å². The molecule has 2 saturated heterocycles. The van der Waals surface area contributed by atoms with E-state index in [1.807, 2.05) is 32.0 Å². The molecule has 14 nitrogen and oxygen atoms in total. The van der Waals surface area contributed by atoms with Crippen LogP contribution in [0.2, 0.25) is 0 Å². The lowest BCUT2D eigenvalue weighted by molar-refractivity contribution is -0.140. The van der Waals surface area contributed by atoms with E-state index < -0.39 is 24.1 Å². The minimum atomic E-state index is -1.03. The molecule has 46 heavy (non-hydrogen) atoms. The van der Waals surface area contributed by atoms with E-state index in [4.69, 9.17) is 4.74 Å². The zero-order valence-electron chi connectivity index (χ0n) is 26.4. The van der Waals surface area contributed by atoms with Gasteiger partial charge in [0.25, 0.3) is 11.8 Å². The van der Waals surface area contributed by atoms with Crippen LogP contribution in [0.25, 0.3) is 5.69 Å². The van der Waals surface area contributed by atoms with E-state index in [-0.39, 0.29) is 74.0 Å². The molecule has 1 aromatic carbocycles. The lowest BCUT2D eigenvalue weighted by atomic mass is 9.93. The number of hydrogen-bond donors (Lipinski definition) is 3. The first kappa shape index (κ1) is 32.8. The van der Waals surface area contributed by atoms with Crippen LogP contribution in [-0.2, 0) is 14.4 Å². The molecule has 3 N–H and O–H groups in total. The number of nitrogens with one attached hydrogen (secondary N) is 2. The van der Waals surface area contributed by atoms with Gasteiger partial charge in [-0.2, -0.15) is 5.10 Å². The van der Waals surface area contributed by atoms with E-state index in [9.17, 15) is 29.1 Å². The van der Waals surface area contributed by atoms with Crippen molar-refractivity contribution in [2.24, 2.45) is 5.92 Å². The van der Waals surface area contributed by atoms with Gasteiger partial charge in [-0.05, 0) is 56.6 Å². The van der Waals surface area contributed by atoms with Gasteiger partial charge >= 0.3 is 6.09 Å². The summed E-state index contributed by atoms with van der Waals surface area (Å²) in [6.07, 6.45) is 3.71. The van der Waals surface area contributed by atoms with Gasteiger partial charge in [0, 0.05) is 44.8 Å². The zero-order chi connectivity index (χ0) is 32.8. The average molecular weight is 638 g/mol. The molecule has 1 saturated carbocycles. The second kappa shape index (κ2) is 14.6. The maximum atomic E-state index is 13.5. The summed E-state index contributed by atoms with van der Waals surface area (Å²) in [5.41, 5.74) is 0.608. The lowest BCUT2D eigenvalue weighted by Crippen LogP contribution is -2.56. The van der Waals surface area contributed by atoms with Crippen molar-refractivity contribution in [3.8, 4) is 11.6 Å². The maximum absolute atomic E-state index is 13.5. The molecular weight excluding hydrogens is 594 g/mol. The Labute approximate surface area is 268 Å². The molecule has 2 aromatic rings. The molecule has 3 aliphatic rings. The van der Waals surface area contributed by atoms with E-state index in [0.717, 1.165) is 25.7 Å². The Hall–Kier alpha value is -4.62. The van der Waals surface area contributed by atoms with Crippen molar-refractivity contribution in [3.63, 3.8) is 0 Å². The van der Waals surface area contributed by atoms with E-state index in [1.54, 1.807) is 21.9 Å². The molecule has 3 heterocycles. The number of aromatic nitrogens is 2. The quantitative estimate of drug-likeness (QED) is 0.336. The van der Waals surface area contributed by atoms with Crippen molar-refractivity contribution in [2.75, 3.05) is 39.3 Å².